The van der Waals surface area contributed by atoms with E-state index in [0.29, 0.717) is 19.3 Å². The number of hydrogen-bond donors (Lipinski definition) is 2. The Morgan fingerprint density at radius 1 is 1.24 bits per heavy atom. The van der Waals surface area contributed by atoms with Gasteiger partial charge in [0.05, 0.1) is 25.9 Å². The van der Waals surface area contributed by atoms with Crippen molar-refractivity contribution in [3.63, 3.8) is 0 Å². The van der Waals surface area contributed by atoms with Crippen molar-refractivity contribution in [3.8, 4) is 0 Å². The molecular formula is C13H29NO3. The summed E-state index contributed by atoms with van der Waals surface area (Å²) in [6.07, 6.45) is 0.896. The van der Waals surface area contributed by atoms with Gasteiger partial charge in [-0.15, -0.1) is 0 Å². The molecule has 0 aromatic rings. The number of hydrogen-bond acceptors (Lipinski definition) is 4. The lowest BCUT2D eigenvalue weighted by molar-refractivity contribution is -0.00588. The predicted octanol–water partition coefficient (Wildman–Crippen LogP) is 1.57. The van der Waals surface area contributed by atoms with Crippen molar-refractivity contribution >= 4 is 0 Å². The first-order chi connectivity index (χ1) is 7.93. The molecule has 4 heteroatoms. The van der Waals surface area contributed by atoms with Gasteiger partial charge in [0.25, 0.3) is 0 Å². The summed E-state index contributed by atoms with van der Waals surface area (Å²) in [5.41, 5.74) is -0.279. The number of aliphatic hydroxyl groups excluding tert-OH is 1. The Morgan fingerprint density at radius 3 is 2.35 bits per heavy atom. The first kappa shape index (κ1) is 16.8. The minimum absolute atomic E-state index is 0.110. The highest BCUT2D eigenvalue weighted by Crippen LogP contribution is 2.15. The van der Waals surface area contributed by atoms with E-state index in [1.165, 1.54) is 0 Å². The van der Waals surface area contributed by atoms with E-state index < -0.39 is 0 Å². The Labute approximate surface area is 106 Å². The fourth-order valence-electron chi connectivity index (χ4n) is 2.01. The van der Waals surface area contributed by atoms with E-state index >= 15 is 0 Å². The van der Waals surface area contributed by atoms with Gasteiger partial charge in [-0.05, 0) is 27.2 Å². The fourth-order valence-corrected chi connectivity index (χ4v) is 2.01. The summed E-state index contributed by atoms with van der Waals surface area (Å²) < 4.78 is 10.9. The molecule has 0 rings (SSSR count). The minimum atomic E-state index is -0.279. The van der Waals surface area contributed by atoms with Gasteiger partial charge in [-0.25, -0.2) is 0 Å². The molecule has 0 amide bonds. The summed E-state index contributed by atoms with van der Waals surface area (Å²) in [6, 6.07) is 0.350. The monoisotopic (exact) mass is 247 g/mol. The van der Waals surface area contributed by atoms with Crippen molar-refractivity contribution in [1.82, 2.24) is 5.32 Å². The topological polar surface area (TPSA) is 50.7 Å². The van der Waals surface area contributed by atoms with Gasteiger partial charge in [0.15, 0.2) is 0 Å². The summed E-state index contributed by atoms with van der Waals surface area (Å²) in [6.45, 7) is 12.3. The van der Waals surface area contributed by atoms with Crippen LogP contribution in [0.1, 0.15) is 41.0 Å². The molecule has 4 nitrogen and oxygen atoms in total. The van der Waals surface area contributed by atoms with E-state index in [-0.39, 0.29) is 18.2 Å². The van der Waals surface area contributed by atoms with Crippen molar-refractivity contribution in [1.29, 1.82) is 0 Å². The Kier molecular flexibility index (Phi) is 8.78. The maximum atomic E-state index is 9.45. The number of nitrogens with one attached hydrogen (secondary N) is 1. The summed E-state index contributed by atoms with van der Waals surface area (Å²) in [4.78, 5) is 0. The number of ether oxygens (including phenoxy) is 2. The molecule has 0 aliphatic carbocycles. The van der Waals surface area contributed by atoms with Crippen molar-refractivity contribution < 1.29 is 14.6 Å². The van der Waals surface area contributed by atoms with Crippen molar-refractivity contribution in [2.24, 2.45) is 0 Å². The predicted molar refractivity (Wildman–Crippen MR) is 70.3 cm³/mol. The minimum Gasteiger partial charge on any atom is -0.394 e. The summed E-state index contributed by atoms with van der Waals surface area (Å²) in [7, 11) is 0. The molecule has 0 aliphatic rings. The van der Waals surface area contributed by atoms with Crippen molar-refractivity contribution in [3.05, 3.63) is 0 Å². The SMILES string of the molecule is CCOCCOC(C)CC(C)(CO)NC(C)C. The second-order valence-corrected chi connectivity index (χ2v) is 5.10. The zero-order valence-electron chi connectivity index (χ0n) is 12.0. The molecule has 0 bridgehead atoms. The molecule has 0 aromatic heterocycles. The zero-order valence-corrected chi connectivity index (χ0v) is 12.0. The lowest BCUT2D eigenvalue weighted by Crippen LogP contribution is -2.51. The van der Waals surface area contributed by atoms with Gasteiger partial charge in [0.1, 0.15) is 0 Å². The normalized spacial score (nSPS) is 17.1. The van der Waals surface area contributed by atoms with Crippen LogP contribution in [0.15, 0.2) is 0 Å². The third-order valence-corrected chi connectivity index (χ3v) is 2.56. The largest absolute Gasteiger partial charge is 0.394 e. The van der Waals surface area contributed by atoms with Gasteiger partial charge in [-0.3, -0.25) is 0 Å². The lowest BCUT2D eigenvalue weighted by Gasteiger charge is -2.33. The van der Waals surface area contributed by atoms with Crippen LogP contribution < -0.4 is 5.32 Å². The third-order valence-electron chi connectivity index (χ3n) is 2.56. The van der Waals surface area contributed by atoms with Crippen LogP contribution in [0, 0.1) is 0 Å². The van der Waals surface area contributed by atoms with E-state index in [9.17, 15) is 5.11 Å². The van der Waals surface area contributed by atoms with Crippen LogP contribution in [0.5, 0.6) is 0 Å². The van der Waals surface area contributed by atoms with Crippen molar-refractivity contribution in [2.75, 3.05) is 26.4 Å². The molecule has 0 aromatic carbocycles. The van der Waals surface area contributed by atoms with Crippen LogP contribution >= 0.6 is 0 Å². The van der Waals surface area contributed by atoms with E-state index in [4.69, 9.17) is 9.47 Å². The summed E-state index contributed by atoms with van der Waals surface area (Å²) in [5, 5.41) is 12.8. The molecule has 2 unspecified atom stereocenters. The molecule has 17 heavy (non-hydrogen) atoms. The van der Waals surface area contributed by atoms with Crippen LogP contribution in [-0.4, -0.2) is 49.2 Å². The Balaban J connectivity index is 3.92. The fraction of sp³-hybridized carbons (Fsp3) is 1.00. The van der Waals surface area contributed by atoms with Gasteiger partial charge in [0.2, 0.25) is 0 Å². The molecule has 2 atom stereocenters. The van der Waals surface area contributed by atoms with Gasteiger partial charge < -0.3 is 19.9 Å². The second kappa shape index (κ2) is 8.86. The van der Waals surface area contributed by atoms with Crippen LogP contribution in [-0.2, 0) is 9.47 Å². The molecule has 0 saturated heterocycles. The van der Waals surface area contributed by atoms with Crippen LogP contribution in [0.4, 0.5) is 0 Å². The molecule has 0 fully saturated rings. The first-order valence-corrected chi connectivity index (χ1v) is 6.51. The first-order valence-electron chi connectivity index (χ1n) is 6.51. The average Bonchev–Trinajstić information content (AvgIpc) is 2.23. The third kappa shape index (κ3) is 8.55. The molecule has 104 valence electrons. The Hall–Kier alpha value is -0.160. The maximum Gasteiger partial charge on any atom is 0.0704 e. The molecule has 0 radical (unpaired) electrons. The summed E-state index contributed by atoms with van der Waals surface area (Å²) >= 11 is 0. The smallest absolute Gasteiger partial charge is 0.0704 e. The Morgan fingerprint density at radius 2 is 1.88 bits per heavy atom. The Bertz CT molecular complexity index is 188. The molecule has 0 aliphatic heterocycles. The molecule has 0 spiro atoms. The van der Waals surface area contributed by atoms with Crippen LogP contribution in [0.3, 0.4) is 0 Å². The van der Waals surface area contributed by atoms with Gasteiger partial charge in [-0.1, -0.05) is 13.8 Å². The van der Waals surface area contributed by atoms with Gasteiger partial charge in [0, 0.05) is 18.2 Å². The lowest BCUT2D eigenvalue weighted by atomic mass is 9.95. The summed E-state index contributed by atoms with van der Waals surface area (Å²) in [5.74, 6) is 0. The van der Waals surface area contributed by atoms with E-state index in [0.717, 1.165) is 13.0 Å². The zero-order chi connectivity index (χ0) is 13.3. The molecular weight excluding hydrogens is 218 g/mol. The molecule has 0 heterocycles. The number of rotatable bonds is 10. The van der Waals surface area contributed by atoms with E-state index in [2.05, 4.69) is 19.2 Å². The maximum absolute atomic E-state index is 9.45. The quantitative estimate of drug-likeness (QED) is 0.575. The standard InChI is InChI=1S/C13H29NO3/c1-6-16-7-8-17-12(4)9-13(5,10-15)14-11(2)3/h11-12,14-15H,6-10H2,1-5H3. The number of aliphatic hydroxyl groups is 1. The highest BCUT2D eigenvalue weighted by Gasteiger charge is 2.26. The van der Waals surface area contributed by atoms with Crippen molar-refractivity contribution in [2.45, 2.75) is 58.7 Å². The van der Waals surface area contributed by atoms with Gasteiger partial charge >= 0.3 is 0 Å². The van der Waals surface area contributed by atoms with E-state index in [1.807, 2.05) is 20.8 Å². The van der Waals surface area contributed by atoms with Gasteiger partial charge in [-0.2, -0.15) is 0 Å². The second-order valence-electron chi connectivity index (χ2n) is 5.10. The van der Waals surface area contributed by atoms with E-state index in [1.54, 1.807) is 0 Å². The molecule has 0 saturated carbocycles. The van der Waals surface area contributed by atoms with Crippen LogP contribution in [0.2, 0.25) is 0 Å². The molecule has 2 N–H and O–H groups in total. The average molecular weight is 247 g/mol. The highest BCUT2D eigenvalue weighted by atomic mass is 16.5. The highest BCUT2D eigenvalue weighted by molar-refractivity contribution is 4.85. The van der Waals surface area contributed by atoms with Crippen LogP contribution in [0.25, 0.3) is 0 Å².